The van der Waals surface area contributed by atoms with E-state index in [1.54, 1.807) is 38.5 Å². The third kappa shape index (κ3) is 2.15. The lowest BCUT2D eigenvalue weighted by Crippen LogP contribution is -2.24. The lowest BCUT2D eigenvalue weighted by atomic mass is 9.68. The van der Waals surface area contributed by atoms with Crippen molar-refractivity contribution in [2.75, 3.05) is 0 Å². The van der Waals surface area contributed by atoms with Crippen molar-refractivity contribution in [1.29, 1.82) is 0 Å². The monoisotopic (exact) mass is 194 g/mol. The second kappa shape index (κ2) is 4.24. The largest absolute Gasteiger partial charge is 0.0654 e. The van der Waals surface area contributed by atoms with Crippen molar-refractivity contribution in [3.8, 4) is 0 Å². The molecule has 2 fully saturated rings. The molecule has 0 saturated heterocycles. The van der Waals surface area contributed by atoms with Crippen LogP contribution < -0.4 is 0 Å². The fourth-order valence-corrected chi connectivity index (χ4v) is 3.94. The van der Waals surface area contributed by atoms with Crippen LogP contribution in [-0.2, 0) is 0 Å². The van der Waals surface area contributed by atoms with E-state index in [4.69, 9.17) is 0 Å². The van der Waals surface area contributed by atoms with Crippen molar-refractivity contribution in [3.05, 3.63) is 0 Å². The molecule has 0 aromatic rings. The normalized spacial score (nSPS) is 43.3. The molecule has 0 heteroatoms. The molecule has 0 aromatic carbocycles. The summed E-state index contributed by atoms with van der Waals surface area (Å²) in [6.07, 6.45) is 13.7. The predicted octanol–water partition coefficient (Wildman–Crippen LogP) is 4.78. The molecule has 14 heavy (non-hydrogen) atoms. The molecule has 82 valence electrons. The van der Waals surface area contributed by atoms with Crippen LogP contribution in [0.3, 0.4) is 0 Å². The van der Waals surface area contributed by atoms with E-state index in [1.807, 2.05) is 0 Å². The Morgan fingerprint density at radius 1 is 1.07 bits per heavy atom. The molecular formula is C14H26. The van der Waals surface area contributed by atoms with Crippen molar-refractivity contribution < 1.29 is 0 Å². The molecule has 2 aliphatic carbocycles. The minimum atomic E-state index is 0.823. The second-order valence-electron chi connectivity index (χ2n) is 6.08. The van der Waals surface area contributed by atoms with Gasteiger partial charge in [-0.3, -0.25) is 0 Å². The van der Waals surface area contributed by atoms with E-state index < -0.39 is 0 Å². The van der Waals surface area contributed by atoms with Gasteiger partial charge in [-0.1, -0.05) is 33.1 Å². The minimum Gasteiger partial charge on any atom is -0.0654 e. The molecule has 0 radical (unpaired) electrons. The Bertz CT molecular complexity index is 174. The number of rotatable bonds is 2. The highest BCUT2D eigenvalue weighted by atomic mass is 14.4. The van der Waals surface area contributed by atoms with Crippen LogP contribution in [0.2, 0.25) is 0 Å². The van der Waals surface area contributed by atoms with E-state index in [-0.39, 0.29) is 0 Å². The van der Waals surface area contributed by atoms with E-state index in [9.17, 15) is 0 Å². The molecule has 1 spiro atoms. The molecule has 0 amide bonds. The van der Waals surface area contributed by atoms with E-state index in [1.165, 1.54) is 19.3 Å². The first kappa shape index (κ1) is 10.5. The Labute approximate surface area is 89.5 Å². The van der Waals surface area contributed by atoms with Crippen LogP contribution in [0, 0.1) is 17.3 Å². The summed E-state index contributed by atoms with van der Waals surface area (Å²) in [5.74, 6) is 2.11. The van der Waals surface area contributed by atoms with Gasteiger partial charge in [0.05, 0.1) is 0 Å². The van der Waals surface area contributed by atoms with Gasteiger partial charge in [0, 0.05) is 0 Å². The molecule has 0 aromatic heterocycles. The summed E-state index contributed by atoms with van der Waals surface area (Å²) in [6.45, 7) is 4.79. The van der Waals surface area contributed by atoms with Gasteiger partial charge >= 0.3 is 0 Å². The molecule has 0 nitrogen and oxygen atoms in total. The zero-order valence-electron chi connectivity index (χ0n) is 10.0. The maximum atomic E-state index is 2.45. The van der Waals surface area contributed by atoms with Crippen molar-refractivity contribution in [2.24, 2.45) is 17.3 Å². The zero-order valence-corrected chi connectivity index (χ0v) is 10.0. The summed E-state index contributed by atoms with van der Waals surface area (Å²) >= 11 is 0. The first-order valence-electron chi connectivity index (χ1n) is 6.74. The fraction of sp³-hybridized carbons (Fsp3) is 1.00. The highest BCUT2D eigenvalue weighted by Gasteiger charge is 2.39. The van der Waals surface area contributed by atoms with E-state index in [2.05, 4.69) is 13.8 Å². The van der Waals surface area contributed by atoms with Gasteiger partial charge in [0.25, 0.3) is 0 Å². The third-order valence-corrected chi connectivity index (χ3v) is 4.81. The average Bonchev–Trinajstić information content (AvgIpc) is 2.53. The number of hydrogen-bond donors (Lipinski definition) is 0. The lowest BCUT2D eigenvalue weighted by molar-refractivity contribution is 0.145. The van der Waals surface area contributed by atoms with Crippen LogP contribution in [0.15, 0.2) is 0 Å². The fourth-order valence-electron chi connectivity index (χ4n) is 3.94. The standard InChI is InChI=1S/C14H26/c1-3-4-13-6-9-14(10-7-13)8-5-12(2)11-14/h12-13H,3-11H2,1-2H3/t12-,13?,14?/m1/s1. The van der Waals surface area contributed by atoms with Crippen molar-refractivity contribution in [2.45, 2.75) is 71.6 Å². The first-order chi connectivity index (χ1) is 6.74. The maximum absolute atomic E-state index is 2.45. The summed E-state index contributed by atoms with van der Waals surface area (Å²) in [5.41, 5.74) is 0.823. The van der Waals surface area contributed by atoms with Crippen molar-refractivity contribution >= 4 is 0 Å². The number of hydrogen-bond acceptors (Lipinski definition) is 0. The molecule has 0 bridgehead atoms. The summed E-state index contributed by atoms with van der Waals surface area (Å²) < 4.78 is 0. The van der Waals surface area contributed by atoms with E-state index in [0.29, 0.717) is 0 Å². The topological polar surface area (TPSA) is 0 Å². The van der Waals surface area contributed by atoms with Gasteiger partial charge in [-0.25, -0.2) is 0 Å². The molecule has 2 aliphatic rings. The Morgan fingerprint density at radius 2 is 1.71 bits per heavy atom. The van der Waals surface area contributed by atoms with Gasteiger partial charge in [0.2, 0.25) is 0 Å². The van der Waals surface area contributed by atoms with Gasteiger partial charge in [-0.15, -0.1) is 0 Å². The highest BCUT2D eigenvalue weighted by molar-refractivity contribution is 4.91. The third-order valence-electron chi connectivity index (χ3n) is 4.81. The molecule has 0 heterocycles. The zero-order chi connectivity index (χ0) is 10.0. The first-order valence-corrected chi connectivity index (χ1v) is 6.74. The van der Waals surface area contributed by atoms with Crippen LogP contribution in [0.25, 0.3) is 0 Å². The van der Waals surface area contributed by atoms with Gasteiger partial charge in [-0.05, 0) is 55.8 Å². The van der Waals surface area contributed by atoms with E-state index in [0.717, 1.165) is 17.3 Å². The quantitative estimate of drug-likeness (QED) is 0.593. The highest BCUT2D eigenvalue weighted by Crippen LogP contribution is 2.52. The van der Waals surface area contributed by atoms with Crippen LogP contribution >= 0.6 is 0 Å². The molecule has 0 aliphatic heterocycles. The summed E-state index contributed by atoms with van der Waals surface area (Å²) in [5, 5.41) is 0. The summed E-state index contributed by atoms with van der Waals surface area (Å²) in [7, 11) is 0. The molecule has 2 saturated carbocycles. The van der Waals surface area contributed by atoms with Crippen LogP contribution in [0.5, 0.6) is 0 Å². The van der Waals surface area contributed by atoms with Gasteiger partial charge < -0.3 is 0 Å². The lowest BCUT2D eigenvalue weighted by Gasteiger charge is -2.37. The van der Waals surface area contributed by atoms with Crippen molar-refractivity contribution in [3.63, 3.8) is 0 Å². The molecular weight excluding hydrogens is 168 g/mol. The molecule has 0 unspecified atom stereocenters. The maximum Gasteiger partial charge on any atom is -0.0295 e. The molecule has 2 rings (SSSR count). The van der Waals surface area contributed by atoms with E-state index >= 15 is 0 Å². The molecule has 1 atom stereocenters. The Balaban J connectivity index is 1.83. The average molecular weight is 194 g/mol. The minimum absolute atomic E-state index is 0.823. The Hall–Kier alpha value is 0. The predicted molar refractivity (Wildman–Crippen MR) is 62.3 cm³/mol. The SMILES string of the molecule is CCCC1CCC2(CC1)CC[C@@H](C)C2. The second-order valence-corrected chi connectivity index (χ2v) is 6.08. The summed E-state index contributed by atoms with van der Waals surface area (Å²) in [4.78, 5) is 0. The van der Waals surface area contributed by atoms with Crippen LogP contribution in [-0.4, -0.2) is 0 Å². The Morgan fingerprint density at radius 3 is 2.21 bits per heavy atom. The smallest absolute Gasteiger partial charge is 0.0295 e. The van der Waals surface area contributed by atoms with Crippen LogP contribution in [0.1, 0.15) is 71.6 Å². The van der Waals surface area contributed by atoms with Crippen LogP contribution in [0.4, 0.5) is 0 Å². The van der Waals surface area contributed by atoms with Gasteiger partial charge in [0.15, 0.2) is 0 Å². The Kier molecular flexibility index (Phi) is 3.19. The van der Waals surface area contributed by atoms with Gasteiger partial charge in [-0.2, -0.15) is 0 Å². The van der Waals surface area contributed by atoms with Gasteiger partial charge in [0.1, 0.15) is 0 Å². The molecule has 0 N–H and O–H groups in total. The summed E-state index contributed by atoms with van der Waals surface area (Å²) in [6, 6.07) is 0. The van der Waals surface area contributed by atoms with Crippen molar-refractivity contribution in [1.82, 2.24) is 0 Å².